The van der Waals surface area contributed by atoms with Crippen LogP contribution in [0.4, 0.5) is 0 Å². The van der Waals surface area contributed by atoms with Crippen molar-refractivity contribution in [1.82, 2.24) is 9.88 Å². The molecule has 0 spiro atoms. The van der Waals surface area contributed by atoms with Gasteiger partial charge >= 0.3 is 0 Å². The standard InChI is InChI=1S/C21H31N3O2/c22-18-4-3-13-24(21(25)16-6-7-16)20(18)14-26-17-10-8-15(9-11-17)19-5-1-2-12-23-19/h1-2,5,12,15-18,20H,3-4,6-11,13-14,22H2/t15?,17?,18?,20-/m0/s1. The second kappa shape index (κ2) is 8.05. The van der Waals surface area contributed by atoms with Gasteiger partial charge in [0.25, 0.3) is 0 Å². The predicted octanol–water partition coefficient (Wildman–Crippen LogP) is 2.85. The van der Waals surface area contributed by atoms with E-state index in [4.69, 9.17) is 10.5 Å². The molecule has 1 aromatic rings. The van der Waals surface area contributed by atoms with Gasteiger partial charge in [-0.15, -0.1) is 0 Å². The van der Waals surface area contributed by atoms with Gasteiger partial charge in [-0.3, -0.25) is 9.78 Å². The average molecular weight is 357 g/mol. The monoisotopic (exact) mass is 357 g/mol. The van der Waals surface area contributed by atoms with Crippen LogP contribution in [0.2, 0.25) is 0 Å². The van der Waals surface area contributed by atoms with Crippen LogP contribution in [0.3, 0.4) is 0 Å². The van der Waals surface area contributed by atoms with Crippen LogP contribution in [-0.4, -0.2) is 47.1 Å². The predicted molar refractivity (Wildman–Crippen MR) is 101 cm³/mol. The highest BCUT2D eigenvalue weighted by molar-refractivity contribution is 5.81. The minimum atomic E-state index is 0.0521. The van der Waals surface area contributed by atoms with Crippen molar-refractivity contribution in [3.63, 3.8) is 0 Å². The Hall–Kier alpha value is -1.46. The number of nitrogens with two attached hydrogens (primary N) is 1. The molecule has 1 aliphatic heterocycles. The first-order valence-corrected chi connectivity index (χ1v) is 10.3. The van der Waals surface area contributed by atoms with Crippen LogP contribution in [-0.2, 0) is 9.53 Å². The van der Waals surface area contributed by atoms with Crippen LogP contribution in [0.1, 0.15) is 63.0 Å². The number of hydrogen-bond donors (Lipinski definition) is 1. The molecule has 3 aliphatic rings. The van der Waals surface area contributed by atoms with Crippen molar-refractivity contribution in [2.24, 2.45) is 11.7 Å². The average Bonchev–Trinajstić information content (AvgIpc) is 3.53. The van der Waals surface area contributed by atoms with Crippen molar-refractivity contribution in [3.8, 4) is 0 Å². The summed E-state index contributed by atoms with van der Waals surface area (Å²) in [6.07, 6.45) is 10.7. The van der Waals surface area contributed by atoms with Crippen LogP contribution in [0.5, 0.6) is 0 Å². The lowest BCUT2D eigenvalue weighted by Gasteiger charge is -2.41. The van der Waals surface area contributed by atoms with E-state index < -0.39 is 0 Å². The van der Waals surface area contributed by atoms with Crippen molar-refractivity contribution in [2.45, 2.75) is 75.5 Å². The van der Waals surface area contributed by atoms with Gasteiger partial charge < -0.3 is 15.4 Å². The molecule has 2 aliphatic carbocycles. The molecule has 2 saturated carbocycles. The lowest BCUT2D eigenvalue weighted by molar-refractivity contribution is -0.139. The molecular weight excluding hydrogens is 326 g/mol. The summed E-state index contributed by atoms with van der Waals surface area (Å²) >= 11 is 0. The van der Waals surface area contributed by atoms with E-state index in [1.54, 1.807) is 0 Å². The zero-order valence-corrected chi connectivity index (χ0v) is 15.6. The summed E-state index contributed by atoms with van der Waals surface area (Å²) < 4.78 is 6.26. The first-order chi connectivity index (χ1) is 12.7. The van der Waals surface area contributed by atoms with E-state index in [0.29, 0.717) is 24.5 Å². The number of pyridine rings is 1. The molecule has 2 atom stereocenters. The topological polar surface area (TPSA) is 68.5 Å². The number of carbonyl (C=O) groups is 1. The Labute approximate surface area is 156 Å². The number of hydrogen-bond acceptors (Lipinski definition) is 4. The van der Waals surface area contributed by atoms with Crippen molar-refractivity contribution in [2.75, 3.05) is 13.2 Å². The molecule has 3 fully saturated rings. The van der Waals surface area contributed by atoms with E-state index in [9.17, 15) is 4.79 Å². The Bertz CT molecular complexity index is 597. The minimum Gasteiger partial charge on any atom is -0.376 e. The summed E-state index contributed by atoms with van der Waals surface area (Å²) in [4.78, 5) is 19.1. The summed E-state index contributed by atoms with van der Waals surface area (Å²) in [5.41, 5.74) is 7.57. The van der Waals surface area contributed by atoms with Crippen LogP contribution in [0, 0.1) is 5.92 Å². The number of aromatic nitrogens is 1. The molecule has 1 unspecified atom stereocenters. The third kappa shape index (κ3) is 4.09. The minimum absolute atomic E-state index is 0.0521. The van der Waals surface area contributed by atoms with Gasteiger partial charge in [0.15, 0.2) is 0 Å². The van der Waals surface area contributed by atoms with E-state index in [2.05, 4.69) is 17.1 Å². The van der Waals surface area contributed by atoms with Crippen LogP contribution < -0.4 is 5.73 Å². The van der Waals surface area contributed by atoms with Gasteiger partial charge in [-0.2, -0.15) is 0 Å². The summed E-state index contributed by atoms with van der Waals surface area (Å²) in [6, 6.07) is 6.29. The van der Waals surface area contributed by atoms with Crippen LogP contribution in [0.25, 0.3) is 0 Å². The number of likely N-dealkylation sites (tertiary alicyclic amines) is 1. The molecule has 1 saturated heterocycles. The number of carbonyl (C=O) groups excluding carboxylic acids is 1. The van der Waals surface area contributed by atoms with Gasteiger partial charge in [-0.05, 0) is 63.5 Å². The number of amides is 1. The van der Waals surface area contributed by atoms with Gasteiger partial charge in [0.05, 0.1) is 18.8 Å². The van der Waals surface area contributed by atoms with Crippen LogP contribution >= 0.6 is 0 Å². The lowest BCUT2D eigenvalue weighted by atomic mass is 9.85. The second-order valence-corrected chi connectivity index (χ2v) is 8.24. The molecule has 26 heavy (non-hydrogen) atoms. The zero-order chi connectivity index (χ0) is 17.9. The fraction of sp³-hybridized carbons (Fsp3) is 0.714. The van der Waals surface area contributed by atoms with E-state index >= 15 is 0 Å². The Kier molecular flexibility index (Phi) is 5.55. The fourth-order valence-electron chi connectivity index (χ4n) is 4.52. The summed E-state index contributed by atoms with van der Waals surface area (Å²) in [5.74, 6) is 1.13. The Morgan fingerprint density at radius 1 is 1.15 bits per heavy atom. The molecule has 1 aromatic heterocycles. The van der Waals surface area contributed by atoms with Gasteiger partial charge in [-0.1, -0.05) is 6.07 Å². The maximum Gasteiger partial charge on any atom is 0.226 e. The van der Waals surface area contributed by atoms with Crippen LogP contribution in [0.15, 0.2) is 24.4 Å². The van der Waals surface area contributed by atoms with Crippen molar-refractivity contribution >= 4 is 5.91 Å². The number of piperidine rings is 1. The Balaban J connectivity index is 1.28. The molecule has 142 valence electrons. The molecule has 4 rings (SSSR count). The molecule has 2 N–H and O–H groups in total. The molecule has 0 aromatic carbocycles. The fourth-order valence-corrected chi connectivity index (χ4v) is 4.52. The maximum atomic E-state index is 12.6. The molecule has 1 amide bonds. The third-order valence-corrected chi connectivity index (χ3v) is 6.32. The van der Waals surface area contributed by atoms with Crippen molar-refractivity contribution in [3.05, 3.63) is 30.1 Å². The molecular formula is C21H31N3O2. The van der Waals surface area contributed by atoms with E-state index in [1.807, 2.05) is 17.2 Å². The molecule has 5 nitrogen and oxygen atoms in total. The highest BCUT2D eigenvalue weighted by Gasteiger charge is 2.40. The molecule has 0 radical (unpaired) electrons. The normalized spacial score (nSPS) is 32.4. The van der Waals surface area contributed by atoms with E-state index in [0.717, 1.165) is 57.9 Å². The summed E-state index contributed by atoms with van der Waals surface area (Å²) in [6.45, 7) is 1.45. The molecule has 5 heteroatoms. The first-order valence-electron chi connectivity index (χ1n) is 10.3. The summed E-state index contributed by atoms with van der Waals surface area (Å²) in [7, 11) is 0. The van der Waals surface area contributed by atoms with Crippen molar-refractivity contribution in [1.29, 1.82) is 0 Å². The third-order valence-electron chi connectivity index (χ3n) is 6.32. The van der Waals surface area contributed by atoms with Gasteiger partial charge in [-0.25, -0.2) is 0 Å². The first kappa shape index (κ1) is 17.9. The van der Waals surface area contributed by atoms with E-state index in [1.165, 1.54) is 5.69 Å². The van der Waals surface area contributed by atoms with E-state index in [-0.39, 0.29) is 18.0 Å². The Morgan fingerprint density at radius 3 is 2.65 bits per heavy atom. The number of ether oxygens (including phenoxy) is 1. The van der Waals surface area contributed by atoms with Gasteiger partial charge in [0.1, 0.15) is 0 Å². The second-order valence-electron chi connectivity index (χ2n) is 8.24. The van der Waals surface area contributed by atoms with Gasteiger partial charge in [0, 0.05) is 36.3 Å². The largest absolute Gasteiger partial charge is 0.376 e. The Morgan fingerprint density at radius 2 is 1.96 bits per heavy atom. The maximum absolute atomic E-state index is 12.6. The molecule has 2 heterocycles. The zero-order valence-electron chi connectivity index (χ0n) is 15.6. The summed E-state index contributed by atoms with van der Waals surface area (Å²) in [5, 5.41) is 0. The number of rotatable bonds is 5. The lowest BCUT2D eigenvalue weighted by Crippen LogP contribution is -2.57. The van der Waals surface area contributed by atoms with Crippen molar-refractivity contribution < 1.29 is 9.53 Å². The smallest absolute Gasteiger partial charge is 0.226 e. The quantitative estimate of drug-likeness (QED) is 0.880. The molecule has 0 bridgehead atoms. The highest BCUT2D eigenvalue weighted by Crippen LogP contribution is 2.35. The number of nitrogens with zero attached hydrogens (tertiary/aromatic N) is 2. The highest BCUT2D eigenvalue weighted by atomic mass is 16.5. The van der Waals surface area contributed by atoms with Gasteiger partial charge in [0.2, 0.25) is 5.91 Å². The SMILES string of the molecule is NC1CCCN(C(=O)C2CC2)[C@H]1COC1CCC(c2ccccn2)CC1.